The topological polar surface area (TPSA) is 140 Å². The Morgan fingerprint density at radius 2 is 1.71 bits per heavy atom. The quantitative estimate of drug-likeness (QED) is 0.501. The lowest BCUT2D eigenvalue weighted by atomic mass is 10.0. The van der Waals surface area contributed by atoms with Crippen molar-refractivity contribution in [3.8, 4) is 28.7 Å². The molecule has 0 spiro atoms. The van der Waals surface area contributed by atoms with Crippen LogP contribution in [0.3, 0.4) is 0 Å². The number of benzene rings is 2. The van der Waals surface area contributed by atoms with Gasteiger partial charge in [-0.05, 0) is 31.5 Å². The highest BCUT2D eigenvalue weighted by atomic mass is 16.5. The number of aromatic carboxylic acids is 1. The lowest BCUT2D eigenvalue weighted by Crippen LogP contribution is -2.10. The molecule has 0 atom stereocenters. The average Bonchev–Trinajstić information content (AvgIpc) is 2.64. The van der Waals surface area contributed by atoms with Crippen molar-refractivity contribution in [2.75, 3.05) is 14.2 Å². The van der Waals surface area contributed by atoms with Crippen LogP contribution in [0.25, 0.3) is 0 Å². The zero-order valence-electron chi connectivity index (χ0n) is 15.5. The molecule has 0 amide bonds. The van der Waals surface area contributed by atoms with E-state index < -0.39 is 29.0 Å². The van der Waals surface area contributed by atoms with Crippen molar-refractivity contribution in [2.24, 2.45) is 0 Å². The molecule has 0 bridgehead atoms. The minimum atomic E-state index is -1.45. The maximum atomic E-state index is 12.2. The highest BCUT2D eigenvalue weighted by molar-refractivity contribution is 5.99. The zero-order valence-corrected chi connectivity index (χ0v) is 15.5. The number of aromatic hydroxyl groups is 2. The van der Waals surface area contributed by atoms with Crippen LogP contribution in [-0.2, 0) is 4.74 Å². The van der Waals surface area contributed by atoms with E-state index in [1.165, 1.54) is 27.0 Å². The van der Waals surface area contributed by atoms with Gasteiger partial charge in [0.2, 0.25) is 0 Å². The van der Waals surface area contributed by atoms with Gasteiger partial charge in [-0.2, -0.15) is 0 Å². The van der Waals surface area contributed by atoms with Gasteiger partial charge < -0.3 is 29.5 Å². The Kier molecular flexibility index (Phi) is 5.78. The number of phenolic OH excluding ortho intramolecular Hbond substituents is 1. The highest BCUT2D eigenvalue weighted by Gasteiger charge is 2.28. The lowest BCUT2D eigenvalue weighted by Gasteiger charge is -2.19. The maximum Gasteiger partial charge on any atom is 0.341 e. The molecule has 0 aromatic heterocycles. The number of carbonyl (C=O) groups is 3. The van der Waals surface area contributed by atoms with E-state index in [-0.39, 0.29) is 45.8 Å². The number of carboxylic acids is 1. The first-order valence-electron chi connectivity index (χ1n) is 7.89. The molecule has 2 rings (SSSR count). The lowest BCUT2D eigenvalue weighted by molar-refractivity contribution is 0.0595. The van der Waals surface area contributed by atoms with Crippen molar-refractivity contribution in [1.82, 2.24) is 0 Å². The SMILES string of the molecule is COC(=O)c1c(C)cc(O)c(C=O)c1Oc1c(C)c(OC)cc(C(=O)O)c1O. The summed E-state index contributed by atoms with van der Waals surface area (Å²) in [5, 5.41) is 29.7. The average molecular weight is 390 g/mol. The van der Waals surface area contributed by atoms with Crippen molar-refractivity contribution in [1.29, 1.82) is 0 Å². The van der Waals surface area contributed by atoms with E-state index in [0.29, 0.717) is 0 Å². The van der Waals surface area contributed by atoms with Crippen LogP contribution in [-0.4, -0.2) is 47.8 Å². The van der Waals surface area contributed by atoms with Gasteiger partial charge in [0.25, 0.3) is 0 Å². The summed E-state index contributed by atoms with van der Waals surface area (Å²) in [6, 6.07) is 2.29. The van der Waals surface area contributed by atoms with Crippen LogP contribution < -0.4 is 9.47 Å². The van der Waals surface area contributed by atoms with Crippen molar-refractivity contribution in [3.05, 3.63) is 39.9 Å². The Morgan fingerprint density at radius 3 is 2.21 bits per heavy atom. The van der Waals surface area contributed by atoms with Crippen molar-refractivity contribution in [2.45, 2.75) is 13.8 Å². The molecule has 0 saturated heterocycles. The number of rotatable bonds is 6. The van der Waals surface area contributed by atoms with Gasteiger partial charge in [-0.1, -0.05) is 0 Å². The number of esters is 1. The smallest absolute Gasteiger partial charge is 0.341 e. The molecular weight excluding hydrogens is 372 g/mol. The van der Waals surface area contributed by atoms with Crippen LogP contribution in [0, 0.1) is 13.8 Å². The number of methoxy groups -OCH3 is 2. The summed E-state index contributed by atoms with van der Waals surface area (Å²) in [5.41, 5.74) is -0.603. The Labute approximate surface area is 159 Å². The number of ether oxygens (including phenoxy) is 3. The van der Waals surface area contributed by atoms with Gasteiger partial charge in [0.1, 0.15) is 22.6 Å². The van der Waals surface area contributed by atoms with Crippen LogP contribution in [0.5, 0.6) is 28.7 Å². The van der Waals surface area contributed by atoms with E-state index in [0.717, 1.165) is 13.2 Å². The number of phenols is 2. The van der Waals surface area contributed by atoms with Crippen LogP contribution in [0.4, 0.5) is 0 Å². The molecule has 0 aliphatic rings. The molecule has 0 unspecified atom stereocenters. The second-order valence-electron chi connectivity index (χ2n) is 5.78. The largest absolute Gasteiger partial charge is 0.507 e. The molecule has 2 aromatic rings. The molecule has 0 fully saturated rings. The van der Waals surface area contributed by atoms with Gasteiger partial charge in [-0.25, -0.2) is 9.59 Å². The third-order valence-corrected chi connectivity index (χ3v) is 4.11. The fourth-order valence-corrected chi connectivity index (χ4v) is 2.68. The summed E-state index contributed by atoms with van der Waals surface area (Å²) in [6.07, 6.45) is 0.265. The second kappa shape index (κ2) is 7.87. The first kappa shape index (κ1) is 20.6. The molecule has 0 aliphatic heterocycles. The van der Waals surface area contributed by atoms with E-state index in [2.05, 4.69) is 0 Å². The maximum absolute atomic E-state index is 12.2. The Hall–Kier alpha value is -3.75. The number of aryl methyl sites for hydroxylation is 1. The van der Waals surface area contributed by atoms with E-state index >= 15 is 0 Å². The monoisotopic (exact) mass is 390 g/mol. The summed E-state index contributed by atoms with van der Waals surface area (Å²) in [4.78, 5) is 35.1. The third-order valence-electron chi connectivity index (χ3n) is 4.11. The molecule has 0 aliphatic carbocycles. The van der Waals surface area contributed by atoms with Crippen LogP contribution in [0.1, 0.15) is 42.2 Å². The van der Waals surface area contributed by atoms with Crippen LogP contribution >= 0.6 is 0 Å². The Bertz CT molecular complexity index is 976. The summed E-state index contributed by atoms with van der Waals surface area (Å²) < 4.78 is 15.4. The summed E-state index contributed by atoms with van der Waals surface area (Å²) in [7, 11) is 2.42. The van der Waals surface area contributed by atoms with Gasteiger partial charge in [-0.15, -0.1) is 0 Å². The summed E-state index contributed by atoms with van der Waals surface area (Å²) in [6.45, 7) is 2.96. The Balaban J connectivity index is 2.86. The third kappa shape index (κ3) is 3.41. The normalized spacial score (nSPS) is 10.3. The van der Waals surface area contributed by atoms with Crippen LogP contribution in [0.15, 0.2) is 12.1 Å². The van der Waals surface area contributed by atoms with Gasteiger partial charge in [0, 0.05) is 5.56 Å². The predicted molar refractivity (Wildman–Crippen MR) is 96.0 cm³/mol. The van der Waals surface area contributed by atoms with Crippen molar-refractivity contribution >= 4 is 18.2 Å². The van der Waals surface area contributed by atoms with E-state index in [9.17, 15) is 29.7 Å². The summed E-state index contributed by atoms with van der Waals surface area (Å²) >= 11 is 0. The molecule has 28 heavy (non-hydrogen) atoms. The first-order chi connectivity index (χ1) is 13.2. The van der Waals surface area contributed by atoms with Gasteiger partial charge in [-0.3, -0.25) is 4.79 Å². The molecule has 9 nitrogen and oxygen atoms in total. The zero-order chi connectivity index (χ0) is 21.2. The minimum absolute atomic E-state index is 0.0920. The van der Waals surface area contributed by atoms with Gasteiger partial charge >= 0.3 is 11.9 Å². The number of carboxylic acid groups (broad SMARTS) is 1. The molecular formula is C19H18O9. The van der Waals surface area contributed by atoms with E-state index in [1.54, 1.807) is 0 Å². The van der Waals surface area contributed by atoms with Gasteiger partial charge in [0.05, 0.1) is 19.8 Å². The minimum Gasteiger partial charge on any atom is -0.507 e. The van der Waals surface area contributed by atoms with Crippen molar-refractivity contribution < 1.29 is 43.9 Å². The number of hydrogen-bond donors (Lipinski definition) is 3. The summed E-state index contributed by atoms with van der Waals surface area (Å²) in [5.74, 6) is -4.15. The van der Waals surface area contributed by atoms with Gasteiger partial charge in [0.15, 0.2) is 23.5 Å². The number of carbonyl (C=O) groups excluding carboxylic acids is 2. The molecule has 148 valence electrons. The van der Waals surface area contributed by atoms with Crippen LogP contribution in [0.2, 0.25) is 0 Å². The molecule has 2 aromatic carbocycles. The number of hydrogen-bond acceptors (Lipinski definition) is 8. The van der Waals surface area contributed by atoms with Crippen molar-refractivity contribution in [3.63, 3.8) is 0 Å². The molecule has 0 radical (unpaired) electrons. The molecule has 9 heteroatoms. The predicted octanol–water partition coefficient (Wildman–Crippen LogP) is 2.81. The number of aldehydes is 1. The van der Waals surface area contributed by atoms with E-state index in [4.69, 9.17) is 14.2 Å². The highest BCUT2D eigenvalue weighted by Crippen LogP contribution is 2.45. The molecule has 0 saturated carbocycles. The standard InChI is InChI=1S/C19H18O9/c1-8-5-12(21)11(7-20)17(14(8)19(25)27-4)28-16-9(2)13(26-3)6-10(15(16)22)18(23)24/h5-7,21-22H,1-4H3,(H,23,24). The van der Waals surface area contributed by atoms with E-state index in [1.807, 2.05) is 0 Å². The second-order valence-corrected chi connectivity index (χ2v) is 5.78. The molecule has 3 N–H and O–H groups in total. The first-order valence-corrected chi connectivity index (χ1v) is 7.89. The Morgan fingerprint density at radius 1 is 1.07 bits per heavy atom. The fraction of sp³-hybridized carbons (Fsp3) is 0.211. The molecule has 0 heterocycles. The fourth-order valence-electron chi connectivity index (χ4n) is 2.68.